The van der Waals surface area contributed by atoms with Crippen LogP contribution in [0.3, 0.4) is 0 Å². The van der Waals surface area contributed by atoms with Crippen molar-refractivity contribution in [3.8, 4) is 89.0 Å². The molecular weight excluding hydrogens is 1770 g/mol. The molecule has 0 N–H and O–H groups in total. The number of unbranched alkanes of at least 4 members (excludes halogenated alkanes) is 20. The third-order valence-electron chi connectivity index (χ3n) is 37.5. The fourth-order valence-corrected chi connectivity index (χ4v) is 29.7. The minimum absolute atomic E-state index is 0.0129. The van der Waals surface area contributed by atoms with Gasteiger partial charge in [-0.25, -0.2) is 0 Å². The van der Waals surface area contributed by atoms with Crippen molar-refractivity contribution in [1.29, 1.82) is 0 Å². The van der Waals surface area contributed by atoms with Gasteiger partial charge in [-0.15, -0.1) is 0 Å². The van der Waals surface area contributed by atoms with Gasteiger partial charge in [-0.05, 0) is 270 Å². The minimum Gasteiger partial charge on any atom is -0.456 e. The van der Waals surface area contributed by atoms with E-state index in [1.807, 2.05) is 0 Å². The molecule has 0 fully saturated rings. The van der Waals surface area contributed by atoms with Gasteiger partial charge in [-0.1, -0.05) is 474 Å². The zero-order valence-corrected chi connectivity index (χ0v) is 88.5. The molecule has 15 aromatic carbocycles. The lowest BCUT2D eigenvalue weighted by Gasteiger charge is -2.34. The zero-order chi connectivity index (χ0) is 99.3. The van der Waals surface area contributed by atoms with Gasteiger partial charge in [0.05, 0.1) is 0 Å². The Morgan fingerprint density at radius 1 is 0.260 bits per heavy atom. The second kappa shape index (κ2) is 37.2. The Morgan fingerprint density at radius 3 is 1.10 bits per heavy atom. The van der Waals surface area contributed by atoms with Crippen molar-refractivity contribution in [3.05, 3.63) is 386 Å². The van der Waals surface area contributed by atoms with Gasteiger partial charge in [0.15, 0.2) is 0 Å². The molecule has 7 aliphatic rings. The van der Waals surface area contributed by atoms with Crippen molar-refractivity contribution in [1.82, 2.24) is 0 Å². The molecule has 3 atom stereocenters. The Labute approximate surface area is 866 Å². The van der Waals surface area contributed by atoms with Gasteiger partial charge in [0, 0.05) is 82.4 Å². The van der Waals surface area contributed by atoms with Crippen LogP contribution in [0.4, 0.5) is 0 Å². The maximum absolute atomic E-state index is 7.38. The first kappa shape index (κ1) is 94.2. The first-order chi connectivity index (χ1) is 71.3. The van der Waals surface area contributed by atoms with Crippen LogP contribution < -0.4 is 0 Å². The number of furan rings is 3. The van der Waals surface area contributed by atoms with Gasteiger partial charge in [0.25, 0.3) is 0 Å². The van der Waals surface area contributed by atoms with Gasteiger partial charge in [0.2, 0.25) is 0 Å². The molecule has 18 aromatic rings. The normalized spacial score (nSPS) is 17.0. The third-order valence-corrected chi connectivity index (χ3v) is 37.5. The van der Waals surface area contributed by atoms with Crippen molar-refractivity contribution in [2.45, 2.75) is 307 Å². The fourth-order valence-electron chi connectivity index (χ4n) is 29.7. The number of hydrogen-bond acceptors (Lipinski definition) is 3. The van der Waals surface area contributed by atoms with Gasteiger partial charge >= 0.3 is 0 Å². The van der Waals surface area contributed by atoms with E-state index in [1.54, 1.807) is 22.3 Å². The summed E-state index contributed by atoms with van der Waals surface area (Å²) < 4.78 is 21.7. The molecule has 0 amide bonds. The number of fused-ring (bicyclic) bond motifs is 29. The van der Waals surface area contributed by atoms with Gasteiger partial charge in [0.1, 0.15) is 33.5 Å². The molecule has 0 saturated heterocycles. The maximum Gasteiger partial charge on any atom is 0.143 e. The zero-order valence-electron chi connectivity index (χ0n) is 88.5. The first-order valence-electron chi connectivity index (χ1n) is 56.8. The van der Waals surface area contributed by atoms with Crippen molar-refractivity contribution in [2.24, 2.45) is 5.92 Å². The van der Waals surface area contributed by atoms with Crippen molar-refractivity contribution in [2.75, 3.05) is 0 Å². The van der Waals surface area contributed by atoms with E-state index in [0.717, 1.165) is 66.2 Å². The third kappa shape index (κ3) is 15.1. The molecular formula is C143H144O3. The molecule has 0 saturated carbocycles. The highest BCUT2D eigenvalue weighted by Gasteiger charge is 2.50. The lowest BCUT2D eigenvalue weighted by atomic mass is 9.69. The van der Waals surface area contributed by atoms with Crippen LogP contribution in [0.5, 0.6) is 0 Å². The summed E-state index contributed by atoms with van der Waals surface area (Å²) in [6, 6.07) is 110. The van der Waals surface area contributed by atoms with Gasteiger partial charge < -0.3 is 13.3 Å². The van der Waals surface area contributed by atoms with E-state index in [9.17, 15) is 0 Å². The Kier molecular flexibility index (Phi) is 24.0. The van der Waals surface area contributed by atoms with E-state index in [1.165, 1.54) is 341 Å². The van der Waals surface area contributed by atoms with Gasteiger partial charge in [-0.2, -0.15) is 0 Å². The number of rotatable bonds is 35. The summed E-state index contributed by atoms with van der Waals surface area (Å²) in [6.45, 7) is 29.3. The van der Waals surface area contributed by atoms with Crippen molar-refractivity contribution < 1.29 is 13.3 Å². The minimum atomic E-state index is -0.431. The lowest BCUT2D eigenvalue weighted by molar-refractivity contribution is 0.395. The van der Waals surface area contributed by atoms with Crippen molar-refractivity contribution in [3.63, 3.8) is 0 Å². The largest absolute Gasteiger partial charge is 0.456 e. The number of hydrogen-bond donors (Lipinski definition) is 0. The van der Waals surface area contributed by atoms with Crippen LogP contribution in [0.25, 0.3) is 160 Å². The van der Waals surface area contributed by atoms with E-state index >= 15 is 0 Å². The van der Waals surface area contributed by atoms with Crippen LogP contribution in [0, 0.1) is 5.92 Å². The van der Waals surface area contributed by atoms with E-state index in [-0.39, 0.29) is 39.4 Å². The molecule has 0 bridgehead atoms. The van der Waals surface area contributed by atoms with Crippen molar-refractivity contribution >= 4 is 71.4 Å². The highest BCUT2D eigenvalue weighted by molar-refractivity contribution is 6.21. The van der Waals surface area contributed by atoms with Crippen LogP contribution in [0.2, 0.25) is 0 Å². The molecule has 3 heterocycles. The summed E-state index contributed by atoms with van der Waals surface area (Å²) in [6.07, 6.45) is 44.1. The smallest absolute Gasteiger partial charge is 0.143 e. The quantitative estimate of drug-likeness (QED) is 0.0294. The monoisotopic (exact) mass is 1910 g/mol. The molecule has 0 radical (unpaired) electrons. The molecule has 734 valence electrons. The van der Waals surface area contributed by atoms with E-state index in [2.05, 4.69) is 380 Å². The average molecular weight is 1910 g/mol. The molecule has 3 aromatic heterocycles. The molecule has 3 nitrogen and oxygen atoms in total. The summed E-state index contributed by atoms with van der Waals surface area (Å²) in [4.78, 5) is 0. The van der Waals surface area contributed by atoms with Gasteiger partial charge in [-0.3, -0.25) is 0 Å². The van der Waals surface area contributed by atoms with E-state index in [4.69, 9.17) is 13.3 Å². The molecule has 0 spiro atoms. The molecule has 7 aliphatic carbocycles. The fraction of sp³-hybridized carbons (Fsp3) is 0.343. The highest BCUT2D eigenvalue weighted by atomic mass is 16.3. The predicted octanol–water partition coefficient (Wildman–Crippen LogP) is 41.7. The van der Waals surface area contributed by atoms with Crippen LogP contribution in [-0.2, 0) is 32.5 Å². The first-order valence-corrected chi connectivity index (χ1v) is 56.8. The second-order valence-corrected chi connectivity index (χ2v) is 47.5. The molecule has 3 unspecified atom stereocenters. The lowest BCUT2D eigenvalue weighted by Crippen LogP contribution is -2.26. The summed E-state index contributed by atoms with van der Waals surface area (Å²) in [5.41, 5.74) is 48.7. The van der Waals surface area contributed by atoms with E-state index in [0.29, 0.717) is 0 Å². The molecule has 146 heavy (non-hydrogen) atoms. The van der Waals surface area contributed by atoms with Crippen LogP contribution in [0.15, 0.2) is 311 Å². The maximum atomic E-state index is 7.38. The summed E-state index contributed by atoms with van der Waals surface area (Å²) >= 11 is 0. The topological polar surface area (TPSA) is 39.4 Å². The summed E-state index contributed by atoms with van der Waals surface area (Å²) in [5, 5.41) is 6.97. The van der Waals surface area contributed by atoms with E-state index < -0.39 is 10.8 Å². The summed E-state index contributed by atoms with van der Waals surface area (Å²) in [7, 11) is 0. The second-order valence-electron chi connectivity index (χ2n) is 47.5. The highest BCUT2D eigenvalue weighted by Crippen LogP contribution is 2.65. The predicted molar refractivity (Wildman–Crippen MR) is 618 cm³/mol. The number of benzene rings is 15. The summed E-state index contributed by atoms with van der Waals surface area (Å²) in [5.74, 6) is 0.348. The molecule has 25 rings (SSSR count). The molecule has 3 heteroatoms. The van der Waals surface area contributed by atoms with Crippen LogP contribution in [0.1, 0.15) is 364 Å². The van der Waals surface area contributed by atoms with Crippen LogP contribution in [-0.4, -0.2) is 0 Å². The SMILES string of the molecule is CCCCCCCCC1(CCCCCCCC)c2ccccc2-c2ccc(C3=CC4C(C=C3)c3ccc(-c5cc6c(c7c5oc5ccccc57)-c5ccc(C(c7ccc8c(c7)C(C)(C)c7cc(-c9ccc%10c(c9)C(C)(C)c9cc(-c%11ccc%12c(c%11)C(CCCCCCCC)(CCCCCCCC)c%11ccccc%11-%12)ccc9-%10)c9oc%10ccccc%10c9c7-8)c7cccc8oc9ccccc9c78)cc5C6(C)C)cc3C4(C)C)cc21. The number of para-hydroxylation sites is 3. The standard InChI is InChI=1S/C143H144O3/c1-13-17-21-25-29-43-76-142(77-44-30-26-22-18-14-2)114-54-38-33-48-98(114)104-70-62-92(82-122(104)142)90-60-68-100-102-72-64-94(84-118(102)138(5,6)116(100)80-90)112-88-124-132(134-109-51-36-41-57-127(109)145-136(112)134)106-74-66-96(86-120(106)140(124,9)10)130(111-53-47-59-129-131(111)108-50-35-40-56-126(108)144-129)97-67-75-107-121(87-97)141(11,12)125-89-113(137-135(133(107)125)110-52-37-42-58-128(110)146-137)95-65-73-103-101-69-61-91(81-117(101)139(7,8)119(103)85-95)93-63-71-105-99-49-34-39-55-115(99)143(123(105)83-93,78-45-31-27-23-19-15-3)79-46-32-28-24-20-16-4/h33-42,47-75,80-89,100,116,130H,13-32,43-46,76-79H2,1-12H3. The number of allylic oxidation sites excluding steroid dienone is 4. The Hall–Kier alpha value is -12.8. The Morgan fingerprint density at radius 2 is 0.616 bits per heavy atom. The Balaban J connectivity index is 0.554. The molecule has 0 aliphatic heterocycles. The Bertz CT molecular complexity index is 8250. The average Bonchev–Trinajstić information content (AvgIpc) is 1.53. The van der Waals surface area contributed by atoms with Crippen LogP contribution >= 0.6 is 0 Å².